The van der Waals surface area contributed by atoms with Crippen LogP contribution in [0.5, 0.6) is 0 Å². The van der Waals surface area contributed by atoms with Crippen molar-refractivity contribution in [2.45, 2.75) is 13.5 Å². The predicted molar refractivity (Wildman–Crippen MR) is 69.9 cm³/mol. The molecule has 1 aromatic carbocycles. The van der Waals surface area contributed by atoms with Crippen molar-refractivity contribution in [3.63, 3.8) is 0 Å². The minimum absolute atomic E-state index is 0.0397. The first-order valence-corrected chi connectivity index (χ1v) is 7.90. The molecule has 0 aliphatic carbocycles. The summed E-state index contributed by atoms with van der Waals surface area (Å²) >= 11 is 2.90. The first-order chi connectivity index (χ1) is 8.44. The van der Waals surface area contributed by atoms with Gasteiger partial charge in [0.1, 0.15) is 10.5 Å². The molecule has 0 aromatic heterocycles. The van der Waals surface area contributed by atoms with Crippen molar-refractivity contribution in [2.24, 2.45) is 0 Å². The molecule has 0 atom stereocenters. The Balaban J connectivity index is 3.00. The third-order valence-electron chi connectivity index (χ3n) is 2.41. The Morgan fingerprint density at radius 1 is 1.50 bits per heavy atom. The second-order valence-electron chi connectivity index (χ2n) is 3.57. The normalized spacial score (nSPS) is 11.5. The lowest BCUT2D eigenvalue weighted by Crippen LogP contribution is -2.31. The molecule has 0 bridgehead atoms. The van der Waals surface area contributed by atoms with Crippen LogP contribution in [0.3, 0.4) is 0 Å². The highest BCUT2D eigenvalue weighted by atomic mass is 79.9. The van der Waals surface area contributed by atoms with Crippen LogP contribution in [0, 0.1) is 17.1 Å². The maximum absolute atomic E-state index is 13.6. The van der Waals surface area contributed by atoms with Crippen molar-refractivity contribution < 1.29 is 12.8 Å². The van der Waals surface area contributed by atoms with Gasteiger partial charge in [0, 0.05) is 18.7 Å². The van der Waals surface area contributed by atoms with Crippen LogP contribution in [0.25, 0.3) is 0 Å². The van der Waals surface area contributed by atoms with Crippen LogP contribution in [0.1, 0.15) is 18.1 Å². The molecule has 98 valence electrons. The van der Waals surface area contributed by atoms with Crippen molar-refractivity contribution in [1.29, 1.82) is 5.26 Å². The van der Waals surface area contributed by atoms with Crippen molar-refractivity contribution in [3.05, 3.63) is 35.1 Å². The van der Waals surface area contributed by atoms with Crippen LogP contribution in [-0.2, 0) is 16.6 Å². The fourth-order valence-corrected chi connectivity index (χ4v) is 3.15. The van der Waals surface area contributed by atoms with Gasteiger partial charge in [-0.15, -0.1) is 0 Å². The Bertz CT molecular complexity index is 569. The van der Waals surface area contributed by atoms with Crippen LogP contribution < -0.4 is 0 Å². The second-order valence-corrected chi connectivity index (χ2v) is 6.84. The van der Waals surface area contributed by atoms with E-state index < -0.39 is 15.8 Å². The summed E-state index contributed by atoms with van der Waals surface area (Å²) in [6.45, 7) is 1.90. The van der Waals surface area contributed by atoms with Gasteiger partial charge >= 0.3 is 0 Å². The molecule has 1 rings (SSSR count). The topological polar surface area (TPSA) is 61.2 Å². The van der Waals surface area contributed by atoms with E-state index in [-0.39, 0.29) is 28.9 Å². The molecule has 0 unspecified atom stereocenters. The molecule has 0 fully saturated rings. The lowest BCUT2D eigenvalue weighted by atomic mass is 10.1. The first-order valence-electron chi connectivity index (χ1n) is 5.17. The summed E-state index contributed by atoms with van der Waals surface area (Å²) in [4.78, 5) is 0. The summed E-state index contributed by atoms with van der Waals surface area (Å²) in [6, 6.07) is 5.82. The summed E-state index contributed by atoms with van der Waals surface area (Å²) < 4.78 is 38.0. The van der Waals surface area contributed by atoms with Crippen LogP contribution in [0.15, 0.2) is 18.2 Å². The smallest absolute Gasteiger partial charge is 0.211 e. The maximum Gasteiger partial charge on any atom is 0.224 e. The number of hydrogen-bond acceptors (Lipinski definition) is 3. The SMILES string of the molecule is CCN(Cc1ccc(C#N)cc1F)S(=O)(=O)CBr. The highest BCUT2D eigenvalue weighted by Gasteiger charge is 2.20. The Labute approximate surface area is 114 Å². The number of rotatable bonds is 5. The van der Waals surface area contributed by atoms with E-state index >= 15 is 0 Å². The lowest BCUT2D eigenvalue weighted by molar-refractivity contribution is 0.418. The van der Waals surface area contributed by atoms with Crippen LogP contribution >= 0.6 is 15.9 Å². The maximum atomic E-state index is 13.6. The minimum atomic E-state index is -3.42. The van der Waals surface area contributed by atoms with Crippen LogP contribution in [0.2, 0.25) is 0 Å². The molecule has 0 saturated carbocycles. The molecular weight excluding hydrogens is 323 g/mol. The minimum Gasteiger partial charge on any atom is -0.211 e. The Kier molecular flexibility index (Phi) is 5.26. The molecule has 0 aliphatic rings. The summed E-state index contributed by atoms with van der Waals surface area (Å²) in [5, 5.41) is 8.62. The van der Waals surface area contributed by atoms with Crippen molar-refractivity contribution in [1.82, 2.24) is 4.31 Å². The van der Waals surface area contributed by atoms with E-state index in [1.165, 1.54) is 16.4 Å². The van der Waals surface area contributed by atoms with Crippen LogP contribution in [0.4, 0.5) is 4.39 Å². The zero-order valence-corrected chi connectivity index (χ0v) is 12.1. The molecule has 0 heterocycles. The zero-order valence-electron chi connectivity index (χ0n) is 9.73. The number of sulfonamides is 1. The van der Waals surface area contributed by atoms with E-state index in [0.717, 1.165) is 6.07 Å². The molecule has 0 aliphatic heterocycles. The summed E-state index contributed by atoms with van der Waals surface area (Å²) in [6.07, 6.45) is 0. The molecule has 7 heteroatoms. The van der Waals surface area contributed by atoms with E-state index in [9.17, 15) is 12.8 Å². The van der Waals surface area contributed by atoms with E-state index in [1.807, 2.05) is 6.07 Å². The molecule has 0 spiro atoms. The van der Waals surface area contributed by atoms with Gasteiger partial charge in [0.05, 0.1) is 11.6 Å². The van der Waals surface area contributed by atoms with Crippen molar-refractivity contribution in [2.75, 3.05) is 11.2 Å². The van der Waals surface area contributed by atoms with Gasteiger partial charge in [-0.3, -0.25) is 0 Å². The van der Waals surface area contributed by atoms with Gasteiger partial charge < -0.3 is 0 Å². The van der Waals surface area contributed by atoms with Gasteiger partial charge in [-0.25, -0.2) is 12.8 Å². The Morgan fingerprint density at radius 3 is 2.61 bits per heavy atom. The Morgan fingerprint density at radius 2 is 2.17 bits per heavy atom. The lowest BCUT2D eigenvalue weighted by Gasteiger charge is -2.19. The van der Waals surface area contributed by atoms with E-state index in [1.54, 1.807) is 6.92 Å². The summed E-state index contributed by atoms with van der Waals surface area (Å²) in [5.41, 5.74) is 0.461. The number of alkyl halides is 1. The molecule has 0 radical (unpaired) electrons. The largest absolute Gasteiger partial charge is 0.224 e. The van der Waals surface area contributed by atoms with Gasteiger partial charge in [0.2, 0.25) is 10.0 Å². The Hall–Kier alpha value is -0.970. The van der Waals surface area contributed by atoms with E-state index in [2.05, 4.69) is 15.9 Å². The molecule has 1 aromatic rings. The number of nitrogens with zero attached hydrogens (tertiary/aromatic N) is 2. The van der Waals surface area contributed by atoms with Crippen molar-refractivity contribution in [3.8, 4) is 6.07 Å². The molecular formula is C11H12BrFN2O2S. The standard InChI is InChI=1S/C11H12BrFN2O2S/c1-2-15(18(16,17)8-12)7-10-4-3-9(6-14)5-11(10)13/h3-5H,2,7-8H2,1H3. The first kappa shape index (κ1) is 15.1. The van der Waals surface area contributed by atoms with E-state index in [0.29, 0.717) is 0 Å². The highest BCUT2D eigenvalue weighted by molar-refractivity contribution is 9.10. The number of benzene rings is 1. The molecule has 0 N–H and O–H groups in total. The average molecular weight is 335 g/mol. The zero-order chi connectivity index (χ0) is 13.8. The molecule has 0 saturated heterocycles. The third kappa shape index (κ3) is 3.51. The van der Waals surface area contributed by atoms with Gasteiger partial charge in [-0.05, 0) is 12.1 Å². The molecule has 0 amide bonds. The predicted octanol–water partition coefficient (Wildman–Crippen LogP) is 2.20. The highest BCUT2D eigenvalue weighted by Crippen LogP contribution is 2.15. The molecule has 4 nitrogen and oxygen atoms in total. The average Bonchev–Trinajstić information content (AvgIpc) is 2.36. The molecule has 18 heavy (non-hydrogen) atoms. The van der Waals surface area contributed by atoms with Gasteiger partial charge in [0.25, 0.3) is 0 Å². The monoisotopic (exact) mass is 334 g/mol. The summed E-state index contributed by atoms with van der Waals surface area (Å²) in [5.74, 6) is -0.572. The van der Waals surface area contributed by atoms with Gasteiger partial charge in [-0.1, -0.05) is 28.9 Å². The number of halogens is 2. The van der Waals surface area contributed by atoms with Gasteiger partial charge in [0.15, 0.2) is 0 Å². The van der Waals surface area contributed by atoms with E-state index in [4.69, 9.17) is 5.26 Å². The number of nitriles is 1. The fourth-order valence-electron chi connectivity index (χ4n) is 1.41. The quantitative estimate of drug-likeness (QED) is 0.775. The third-order valence-corrected chi connectivity index (χ3v) is 5.60. The summed E-state index contributed by atoms with van der Waals surface area (Å²) in [7, 11) is -3.42. The van der Waals surface area contributed by atoms with Gasteiger partial charge in [-0.2, -0.15) is 9.57 Å². The second kappa shape index (κ2) is 6.27. The van der Waals surface area contributed by atoms with Crippen LogP contribution in [-0.4, -0.2) is 23.9 Å². The fraction of sp³-hybridized carbons (Fsp3) is 0.364. The van der Waals surface area contributed by atoms with Crippen molar-refractivity contribution >= 4 is 26.0 Å². The number of hydrogen-bond donors (Lipinski definition) is 0.